The first kappa shape index (κ1) is 76.7. The molecule has 0 aliphatic heterocycles. The number of anilines is 1. The average Bonchev–Trinajstić information content (AvgIpc) is 3.24. The molecule has 390 valence electrons. The molecule has 0 unspecified atom stereocenters. The van der Waals surface area contributed by atoms with E-state index in [2.05, 4.69) is 99.9 Å². The molecule has 14 heteroatoms. The highest BCUT2D eigenvalue weighted by molar-refractivity contribution is 6.04. The quantitative estimate of drug-likeness (QED) is 0.119. The third-order valence-electron chi connectivity index (χ3n) is 7.54. The van der Waals surface area contributed by atoms with E-state index >= 15 is 0 Å². The zero-order chi connectivity index (χ0) is 53.4. The highest BCUT2D eigenvalue weighted by atomic mass is 16.5. The van der Waals surface area contributed by atoms with E-state index in [9.17, 15) is 24.0 Å². The van der Waals surface area contributed by atoms with Crippen molar-refractivity contribution < 1.29 is 53.2 Å². The average molecular weight is 968 g/mol. The van der Waals surface area contributed by atoms with Crippen molar-refractivity contribution >= 4 is 46.9 Å². The lowest BCUT2D eigenvalue weighted by Crippen LogP contribution is -2.23. The maximum Gasteiger partial charge on any atom is 0.300 e. The van der Waals surface area contributed by atoms with Crippen LogP contribution in [0.2, 0.25) is 0 Å². The molecule has 0 aliphatic carbocycles. The minimum atomic E-state index is -0.833. The summed E-state index contributed by atoms with van der Waals surface area (Å²) in [5.41, 5.74) is 4.01. The summed E-state index contributed by atoms with van der Waals surface area (Å²) in [5.74, 6) is -1.57. The summed E-state index contributed by atoms with van der Waals surface area (Å²) in [4.78, 5) is 72.3. The number of rotatable bonds is 5. The van der Waals surface area contributed by atoms with Gasteiger partial charge in [0.2, 0.25) is 17.7 Å². The van der Waals surface area contributed by atoms with E-state index in [0.717, 1.165) is 19.5 Å². The molecular weight excluding hydrogens is 879 g/mol. The second kappa shape index (κ2) is 44.0. The number of ether oxygens (including phenoxy) is 2. The van der Waals surface area contributed by atoms with E-state index in [-0.39, 0.29) is 49.6 Å². The molecule has 14 nitrogen and oxygen atoms in total. The first-order valence-corrected chi connectivity index (χ1v) is 21.1. The number of methoxy groups -OCH3 is 2. The smallest absolute Gasteiger partial charge is 0.300 e. The van der Waals surface area contributed by atoms with Crippen LogP contribution in [0.1, 0.15) is 137 Å². The Bertz CT molecular complexity index is 1840. The number of carboxylic acid groups (broad SMARTS) is 2. The highest BCUT2D eigenvalue weighted by Gasteiger charge is 2.26. The van der Waals surface area contributed by atoms with Crippen molar-refractivity contribution in [3.63, 3.8) is 0 Å². The standard InChI is InChI=1S/C16H22O2.C15H16.C8H9NO.2C3H7NO.2C2H4O2.2C2H6O.2CH4/c1-15(2,3)13(17)11-8-7-9-12(10-11)14(18)16(4,5)6;1-15(2,13-9-5-3-6-10-13)14-11-7-4-8-12-14;1-7(10)9-8-5-3-2-4-6-8;2*1-3(5)4-2;2*1-2(3)4;2*1-3-2;;/h7-10H,1-6H3;3-12H,1-2H3;2-6H,1H3,(H,9,10);2*1-2H3,(H,4,5);2*1H3,(H,3,4);2*1-2H3;2*1H4. The molecule has 0 fully saturated rings. The van der Waals surface area contributed by atoms with Crippen molar-refractivity contribution in [3.05, 3.63) is 138 Å². The van der Waals surface area contributed by atoms with Gasteiger partial charge in [-0.2, -0.15) is 0 Å². The number of amides is 3. The van der Waals surface area contributed by atoms with Gasteiger partial charge in [-0.1, -0.05) is 167 Å². The normalized spacial score (nSPS) is 9.20. The van der Waals surface area contributed by atoms with Gasteiger partial charge < -0.3 is 35.6 Å². The van der Waals surface area contributed by atoms with Crippen LogP contribution >= 0.6 is 0 Å². The van der Waals surface area contributed by atoms with Crippen LogP contribution in [0.5, 0.6) is 0 Å². The molecule has 0 bridgehead atoms. The van der Waals surface area contributed by atoms with E-state index in [4.69, 9.17) is 19.8 Å². The SMILES string of the molecule is C.C.CC(=O)Nc1ccccc1.CC(=O)O.CC(=O)O.CC(C)(C)C(=O)c1cccc(C(=O)C(C)(C)C)c1.CC(C)(c1ccccc1)c1ccccc1.CNC(C)=O.CNC(C)=O.COC.COC. The Kier molecular flexibility index (Phi) is 49.0. The van der Waals surface area contributed by atoms with Gasteiger partial charge >= 0.3 is 0 Å². The Hall–Kier alpha value is -6.51. The molecule has 0 saturated carbocycles. The fourth-order valence-corrected chi connectivity index (χ4v) is 4.27. The van der Waals surface area contributed by atoms with E-state index in [1.165, 1.54) is 31.9 Å². The van der Waals surface area contributed by atoms with Gasteiger partial charge in [-0.05, 0) is 29.3 Å². The van der Waals surface area contributed by atoms with Crippen LogP contribution in [0.15, 0.2) is 115 Å². The van der Waals surface area contributed by atoms with Gasteiger partial charge in [0.15, 0.2) is 11.6 Å². The first-order chi connectivity index (χ1) is 30.9. The van der Waals surface area contributed by atoms with Gasteiger partial charge in [-0.15, -0.1) is 0 Å². The van der Waals surface area contributed by atoms with Crippen molar-refractivity contribution in [2.75, 3.05) is 47.9 Å². The van der Waals surface area contributed by atoms with Gasteiger partial charge in [0.25, 0.3) is 11.9 Å². The van der Waals surface area contributed by atoms with Crippen molar-refractivity contribution in [1.82, 2.24) is 10.6 Å². The largest absolute Gasteiger partial charge is 0.481 e. The number of carbonyl (C=O) groups excluding carboxylic acids is 5. The molecule has 0 saturated heterocycles. The summed E-state index contributed by atoms with van der Waals surface area (Å²) in [5, 5.41) is 22.3. The lowest BCUT2D eigenvalue weighted by atomic mass is 9.78. The molecular formula is C55H89N3O11. The van der Waals surface area contributed by atoms with Crippen molar-refractivity contribution in [1.29, 1.82) is 0 Å². The molecule has 0 aromatic heterocycles. The van der Waals surface area contributed by atoms with E-state index in [0.29, 0.717) is 11.1 Å². The molecule has 4 aromatic carbocycles. The highest BCUT2D eigenvalue weighted by Crippen LogP contribution is 2.30. The Morgan fingerprint density at radius 1 is 0.435 bits per heavy atom. The molecule has 4 rings (SSSR count). The van der Waals surface area contributed by atoms with Crippen LogP contribution < -0.4 is 16.0 Å². The van der Waals surface area contributed by atoms with Gasteiger partial charge in [0.1, 0.15) is 0 Å². The first-order valence-electron chi connectivity index (χ1n) is 21.1. The molecule has 0 heterocycles. The third-order valence-corrected chi connectivity index (χ3v) is 7.54. The second-order valence-electron chi connectivity index (χ2n) is 16.6. The number of hydrogen-bond donors (Lipinski definition) is 5. The van der Waals surface area contributed by atoms with Crippen LogP contribution in [0.4, 0.5) is 5.69 Å². The molecule has 3 amide bonds. The number of ketones is 2. The molecule has 0 spiro atoms. The monoisotopic (exact) mass is 968 g/mol. The number of para-hydroxylation sites is 1. The summed E-state index contributed by atoms with van der Waals surface area (Å²) in [6.07, 6.45) is 0. The van der Waals surface area contributed by atoms with Gasteiger partial charge in [0.05, 0.1) is 0 Å². The Balaban J connectivity index is -0.000000136. The number of Topliss-reactive ketones (excluding diaryl/α,β-unsaturated/α-hetero) is 2. The van der Waals surface area contributed by atoms with E-state index < -0.39 is 22.8 Å². The zero-order valence-electron chi connectivity index (χ0n) is 43.5. The minimum Gasteiger partial charge on any atom is -0.481 e. The minimum absolute atomic E-state index is 0. The number of carboxylic acids is 2. The summed E-state index contributed by atoms with van der Waals surface area (Å²) in [6, 6.07) is 37.7. The Morgan fingerprint density at radius 2 is 0.667 bits per heavy atom. The fraction of sp³-hybridized carbons (Fsp3) is 0.436. The summed E-state index contributed by atoms with van der Waals surface area (Å²) in [7, 11) is 9.70. The molecule has 5 N–H and O–H groups in total. The van der Waals surface area contributed by atoms with E-state index in [1.807, 2.05) is 71.9 Å². The van der Waals surface area contributed by atoms with Crippen molar-refractivity contribution in [2.24, 2.45) is 10.8 Å². The van der Waals surface area contributed by atoms with Gasteiger partial charge in [-0.25, -0.2) is 0 Å². The van der Waals surface area contributed by atoms with Crippen molar-refractivity contribution in [2.45, 2.75) is 110 Å². The fourth-order valence-electron chi connectivity index (χ4n) is 4.27. The molecule has 0 radical (unpaired) electrons. The predicted octanol–water partition coefficient (Wildman–Crippen LogP) is 11.3. The summed E-state index contributed by atoms with van der Waals surface area (Å²) in [6.45, 7) is 22.4. The molecule has 0 aliphatic rings. The summed E-state index contributed by atoms with van der Waals surface area (Å²) >= 11 is 0. The maximum atomic E-state index is 12.2. The second-order valence-corrected chi connectivity index (χ2v) is 16.6. The molecule has 0 atom stereocenters. The van der Waals surface area contributed by atoms with Crippen LogP contribution in [0.3, 0.4) is 0 Å². The third kappa shape index (κ3) is 47.8. The maximum absolute atomic E-state index is 12.2. The Morgan fingerprint density at radius 3 is 0.870 bits per heavy atom. The summed E-state index contributed by atoms with van der Waals surface area (Å²) < 4.78 is 8.50. The number of nitrogens with one attached hydrogen (secondary N) is 3. The molecule has 4 aromatic rings. The lowest BCUT2D eigenvalue weighted by Gasteiger charge is -2.25. The lowest BCUT2D eigenvalue weighted by molar-refractivity contribution is -0.135. The zero-order valence-corrected chi connectivity index (χ0v) is 43.5. The topological polar surface area (TPSA) is 214 Å². The van der Waals surface area contributed by atoms with Crippen LogP contribution in [-0.2, 0) is 38.9 Å². The van der Waals surface area contributed by atoms with Gasteiger partial charge in [-0.3, -0.25) is 33.6 Å². The number of benzene rings is 4. The number of hydrogen-bond acceptors (Lipinski definition) is 9. The number of aliphatic carboxylic acids is 2. The van der Waals surface area contributed by atoms with E-state index in [1.54, 1.807) is 66.8 Å². The Labute approximate surface area is 416 Å². The van der Waals surface area contributed by atoms with Crippen LogP contribution in [-0.4, -0.2) is 94.0 Å². The van der Waals surface area contributed by atoms with Crippen molar-refractivity contribution in [3.8, 4) is 0 Å². The number of carbonyl (C=O) groups is 7. The van der Waals surface area contributed by atoms with Crippen LogP contribution in [0.25, 0.3) is 0 Å². The predicted molar refractivity (Wildman–Crippen MR) is 285 cm³/mol. The van der Waals surface area contributed by atoms with Crippen LogP contribution in [0, 0.1) is 10.8 Å². The molecule has 69 heavy (non-hydrogen) atoms. The van der Waals surface area contributed by atoms with Gasteiger partial charge in [0, 0.05) is 110 Å².